The number of ether oxygens (including phenoxy) is 4. The Morgan fingerprint density at radius 3 is 2.93 bits per heavy atom. The summed E-state index contributed by atoms with van der Waals surface area (Å²) in [4.78, 5) is 22.6. The first-order chi connectivity index (χ1) is 13.7. The molecule has 2 aliphatic heterocycles. The van der Waals surface area contributed by atoms with E-state index in [1.165, 1.54) is 7.11 Å². The Bertz CT molecular complexity index is 847. The molecule has 0 radical (unpaired) electrons. The second-order valence-electron chi connectivity index (χ2n) is 6.55. The first-order valence-electron chi connectivity index (χ1n) is 9.16. The van der Waals surface area contributed by atoms with E-state index in [0.29, 0.717) is 37.1 Å². The predicted octanol–water partition coefficient (Wildman–Crippen LogP) is 1.97. The number of nitrogens with zero attached hydrogens (tertiary/aromatic N) is 3. The zero-order chi connectivity index (χ0) is 19.3. The van der Waals surface area contributed by atoms with Gasteiger partial charge in [0.05, 0.1) is 13.7 Å². The minimum Gasteiger partial charge on any atom is -0.477 e. The number of fused-ring (bicyclic) bond motifs is 1. The predicted molar refractivity (Wildman–Crippen MR) is 98.6 cm³/mol. The Hall–Kier alpha value is -3.23. The van der Waals surface area contributed by atoms with E-state index in [9.17, 15) is 4.79 Å². The summed E-state index contributed by atoms with van der Waals surface area (Å²) in [6.45, 7) is 1.81. The van der Waals surface area contributed by atoms with Crippen LogP contribution < -0.4 is 24.3 Å². The third-order valence-electron chi connectivity index (χ3n) is 4.65. The second-order valence-corrected chi connectivity index (χ2v) is 6.55. The number of carbonyl (C=O) groups is 1. The van der Waals surface area contributed by atoms with Crippen molar-refractivity contribution in [3.63, 3.8) is 0 Å². The van der Waals surface area contributed by atoms with Crippen molar-refractivity contribution in [3.05, 3.63) is 36.2 Å². The van der Waals surface area contributed by atoms with Crippen molar-refractivity contribution in [1.82, 2.24) is 20.2 Å². The molecule has 9 nitrogen and oxygen atoms in total. The molecule has 9 heteroatoms. The Morgan fingerprint density at radius 1 is 1.25 bits per heavy atom. The van der Waals surface area contributed by atoms with Crippen LogP contribution in [0.5, 0.6) is 23.3 Å². The number of benzene rings is 1. The van der Waals surface area contributed by atoms with Gasteiger partial charge in [0.2, 0.25) is 6.79 Å². The van der Waals surface area contributed by atoms with Gasteiger partial charge in [0.25, 0.3) is 11.8 Å². The lowest BCUT2D eigenvalue weighted by Gasteiger charge is -2.32. The number of hydrogen-bond donors (Lipinski definition) is 1. The Labute approximate surface area is 162 Å². The number of piperidine rings is 1. The zero-order valence-electron chi connectivity index (χ0n) is 15.6. The van der Waals surface area contributed by atoms with Gasteiger partial charge in [-0.15, -0.1) is 0 Å². The molecule has 1 atom stereocenters. The third-order valence-corrected chi connectivity index (χ3v) is 4.65. The molecule has 1 aromatic carbocycles. The highest BCUT2D eigenvalue weighted by Crippen LogP contribution is 2.32. The monoisotopic (exact) mass is 386 g/mol. The first kappa shape index (κ1) is 18.1. The number of hydrogen-bond acceptors (Lipinski definition) is 7. The van der Waals surface area contributed by atoms with Crippen LogP contribution in [0.3, 0.4) is 0 Å². The minimum atomic E-state index is -0.157. The van der Waals surface area contributed by atoms with Crippen LogP contribution in [0.25, 0.3) is 0 Å². The molecule has 0 saturated carbocycles. The molecule has 0 bridgehead atoms. The van der Waals surface area contributed by atoms with Crippen molar-refractivity contribution in [1.29, 1.82) is 0 Å². The fraction of sp³-hybridized carbons (Fsp3) is 0.421. The van der Waals surface area contributed by atoms with Gasteiger partial charge >= 0.3 is 6.03 Å². The number of aromatic nitrogens is 2. The van der Waals surface area contributed by atoms with Crippen LogP contribution in [0.1, 0.15) is 18.4 Å². The van der Waals surface area contributed by atoms with Crippen molar-refractivity contribution in [2.45, 2.75) is 25.5 Å². The molecule has 2 aromatic rings. The number of nitrogens with one attached hydrogen (secondary N) is 1. The lowest BCUT2D eigenvalue weighted by molar-refractivity contribution is 0.0943. The number of methoxy groups -OCH3 is 1. The van der Waals surface area contributed by atoms with Crippen LogP contribution in [-0.4, -0.2) is 54.0 Å². The molecule has 0 aliphatic carbocycles. The van der Waals surface area contributed by atoms with Gasteiger partial charge in [-0.25, -0.2) is 14.8 Å². The Kier molecular flexibility index (Phi) is 5.31. The number of rotatable bonds is 5. The Morgan fingerprint density at radius 2 is 2.07 bits per heavy atom. The van der Waals surface area contributed by atoms with Crippen molar-refractivity contribution in [3.8, 4) is 23.3 Å². The van der Waals surface area contributed by atoms with Gasteiger partial charge in [-0.2, -0.15) is 0 Å². The average molecular weight is 386 g/mol. The van der Waals surface area contributed by atoms with Crippen LogP contribution in [0.2, 0.25) is 0 Å². The highest BCUT2D eigenvalue weighted by Gasteiger charge is 2.26. The molecule has 2 aliphatic rings. The summed E-state index contributed by atoms with van der Waals surface area (Å²) in [5.41, 5.74) is 0.951. The summed E-state index contributed by atoms with van der Waals surface area (Å²) >= 11 is 0. The SMILES string of the molecule is COc1nccnc1OC1CCCN(C(=O)NCc2ccc3c(c2)OCO3)C1. The van der Waals surface area contributed by atoms with E-state index in [-0.39, 0.29) is 18.9 Å². The van der Waals surface area contributed by atoms with Gasteiger partial charge in [-0.3, -0.25) is 0 Å². The summed E-state index contributed by atoms with van der Waals surface area (Å²) in [5, 5.41) is 2.95. The number of urea groups is 1. The van der Waals surface area contributed by atoms with E-state index in [1.54, 1.807) is 17.3 Å². The lowest BCUT2D eigenvalue weighted by atomic mass is 10.1. The third kappa shape index (κ3) is 4.03. The normalized spacial score (nSPS) is 17.9. The van der Waals surface area contributed by atoms with Gasteiger partial charge in [0, 0.05) is 25.5 Å². The summed E-state index contributed by atoms with van der Waals surface area (Å²) in [6.07, 6.45) is 4.63. The minimum absolute atomic E-state index is 0.128. The van der Waals surface area contributed by atoms with E-state index < -0.39 is 0 Å². The molecule has 1 N–H and O–H groups in total. The molecule has 1 aromatic heterocycles. The highest BCUT2D eigenvalue weighted by atomic mass is 16.7. The number of carbonyl (C=O) groups excluding carboxylic acids is 1. The van der Waals surface area contributed by atoms with E-state index >= 15 is 0 Å². The molecule has 1 unspecified atom stereocenters. The molecule has 0 spiro atoms. The van der Waals surface area contributed by atoms with Crippen molar-refractivity contribution >= 4 is 6.03 Å². The molecule has 2 amide bonds. The maximum Gasteiger partial charge on any atom is 0.317 e. The fourth-order valence-electron chi connectivity index (χ4n) is 3.25. The molecule has 28 heavy (non-hydrogen) atoms. The highest BCUT2D eigenvalue weighted by molar-refractivity contribution is 5.74. The summed E-state index contributed by atoms with van der Waals surface area (Å²) in [7, 11) is 1.52. The maximum atomic E-state index is 12.6. The molecule has 3 heterocycles. The molecule has 1 saturated heterocycles. The molecular weight excluding hydrogens is 364 g/mol. The van der Waals surface area contributed by atoms with Crippen LogP contribution in [0, 0.1) is 0 Å². The number of amides is 2. The molecule has 1 fully saturated rings. The van der Waals surface area contributed by atoms with Crippen molar-refractivity contribution in [2.24, 2.45) is 0 Å². The Balaban J connectivity index is 1.32. The van der Waals surface area contributed by atoms with Crippen LogP contribution in [0.4, 0.5) is 4.79 Å². The second kappa shape index (κ2) is 8.20. The van der Waals surface area contributed by atoms with E-state index in [2.05, 4.69) is 15.3 Å². The van der Waals surface area contributed by atoms with Gasteiger partial charge in [-0.05, 0) is 30.5 Å². The van der Waals surface area contributed by atoms with E-state index in [4.69, 9.17) is 18.9 Å². The molecular formula is C19H22N4O5. The van der Waals surface area contributed by atoms with Crippen LogP contribution in [-0.2, 0) is 6.54 Å². The van der Waals surface area contributed by atoms with Crippen molar-refractivity contribution < 1.29 is 23.7 Å². The molecule has 4 rings (SSSR count). The number of likely N-dealkylation sites (tertiary alicyclic amines) is 1. The van der Waals surface area contributed by atoms with E-state index in [0.717, 1.165) is 24.2 Å². The van der Waals surface area contributed by atoms with Crippen LogP contribution >= 0.6 is 0 Å². The summed E-state index contributed by atoms with van der Waals surface area (Å²) in [5.74, 6) is 2.12. The van der Waals surface area contributed by atoms with Crippen LogP contribution in [0.15, 0.2) is 30.6 Å². The maximum absolute atomic E-state index is 12.6. The van der Waals surface area contributed by atoms with E-state index in [1.807, 2.05) is 18.2 Å². The van der Waals surface area contributed by atoms with Gasteiger partial charge < -0.3 is 29.2 Å². The van der Waals surface area contributed by atoms with Crippen molar-refractivity contribution in [2.75, 3.05) is 27.0 Å². The largest absolute Gasteiger partial charge is 0.477 e. The summed E-state index contributed by atoms with van der Waals surface area (Å²) in [6, 6.07) is 5.52. The van der Waals surface area contributed by atoms with Gasteiger partial charge in [-0.1, -0.05) is 6.07 Å². The molecule has 148 valence electrons. The first-order valence-corrected chi connectivity index (χ1v) is 9.16. The topological polar surface area (TPSA) is 95.0 Å². The van der Waals surface area contributed by atoms with Gasteiger partial charge in [0.15, 0.2) is 11.5 Å². The lowest BCUT2D eigenvalue weighted by Crippen LogP contribution is -2.48. The van der Waals surface area contributed by atoms with Gasteiger partial charge in [0.1, 0.15) is 6.10 Å². The summed E-state index contributed by atoms with van der Waals surface area (Å²) < 4.78 is 21.8. The average Bonchev–Trinajstić information content (AvgIpc) is 3.20. The quantitative estimate of drug-likeness (QED) is 0.839. The fourth-order valence-corrected chi connectivity index (χ4v) is 3.25. The zero-order valence-corrected chi connectivity index (χ0v) is 15.6. The smallest absolute Gasteiger partial charge is 0.317 e. The standard InChI is InChI=1S/C19H22N4O5/c1-25-17-18(21-7-6-20-17)28-14-3-2-8-23(11-14)19(24)22-10-13-4-5-15-16(9-13)27-12-26-15/h4-7,9,14H,2-3,8,10-12H2,1H3,(H,22,24).